The van der Waals surface area contributed by atoms with Crippen molar-refractivity contribution in [1.82, 2.24) is 10.2 Å². The Hall–Kier alpha value is 0. The number of hydrogen-bond acceptors (Lipinski definition) is 1. The van der Waals surface area contributed by atoms with Gasteiger partial charge in [-0.15, -0.1) is 24.0 Å². The molecule has 0 aliphatic carbocycles. The molecule has 0 amide bonds. The monoisotopic (exact) mass is 381 g/mol. The summed E-state index contributed by atoms with van der Waals surface area (Å²) < 4.78 is 0. The smallest absolute Gasteiger partial charge is 0.194 e. The van der Waals surface area contributed by atoms with Gasteiger partial charge in [0.2, 0.25) is 0 Å². The minimum Gasteiger partial charge on any atom is -0.356 e. The zero-order valence-corrected chi connectivity index (χ0v) is 16.0. The van der Waals surface area contributed by atoms with Crippen LogP contribution in [0.25, 0.3) is 0 Å². The summed E-state index contributed by atoms with van der Waals surface area (Å²) in [6.07, 6.45) is 2.49. The second kappa shape index (κ2) is 7.14. The fourth-order valence-electron chi connectivity index (χ4n) is 2.41. The lowest BCUT2D eigenvalue weighted by atomic mass is 9.65. The van der Waals surface area contributed by atoms with E-state index in [1.54, 1.807) is 0 Å². The predicted octanol–water partition coefficient (Wildman–Crippen LogP) is 3.74. The van der Waals surface area contributed by atoms with Gasteiger partial charge in [-0.3, -0.25) is 4.99 Å². The van der Waals surface area contributed by atoms with Crippen LogP contribution in [0.1, 0.15) is 54.4 Å². The van der Waals surface area contributed by atoms with Crippen LogP contribution in [0.3, 0.4) is 0 Å². The summed E-state index contributed by atoms with van der Waals surface area (Å²) in [5, 5.41) is 3.50. The Labute approximate surface area is 136 Å². The molecular weight excluding hydrogens is 349 g/mol. The molecule has 0 aromatic carbocycles. The molecule has 4 heteroatoms. The van der Waals surface area contributed by atoms with E-state index in [9.17, 15) is 0 Å². The number of nitrogens with one attached hydrogen (secondary N) is 1. The van der Waals surface area contributed by atoms with E-state index in [-0.39, 0.29) is 29.5 Å². The molecule has 1 fully saturated rings. The number of hydrogen-bond donors (Lipinski definition) is 1. The van der Waals surface area contributed by atoms with E-state index in [0.29, 0.717) is 5.41 Å². The van der Waals surface area contributed by atoms with Crippen molar-refractivity contribution in [2.45, 2.75) is 59.9 Å². The molecule has 1 saturated heterocycles. The zero-order valence-electron chi connectivity index (χ0n) is 13.7. The number of aliphatic imine (C=N–C) groups is 1. The molecule has 0 atom stereocenters. The number of guanidine groups is 1. The van der Waals surface area contributed by atoms with Gasteiger partial charge >= 0.3 is 0 Å². The fourth-order valence-corrected chi connectivity index (χ4v) is 2.41. The maximum absolute atomic E-state index is 4.42. The first-order valence-electron chi connectivity index (χ1n) is 7.20. The second-order valence-electron chi connectivity index (χ2n) is 7.04. The summed E-state index contributed by atoms with van der Waals surface area (Å²) >= 11 is 0. The molecule has 1 rings (SSSR count). The second-order valence-corrected chi connectivity index (χ2v) is 7.04. The van der Waals surface area contributed by atoms with Crippen LogP contribution in [0.2, 0.25) is 0 Å². The Morgan fingerprint density at radius 3 is 2.21 bits per heavy atom. The highest BCUT2D eigenvalue weighted by Crippen LogP contribution is 2.46. The zero-order chi connectivity index (χ0) is 14.0. The molecule has 0 saturated carbocycles. The summed E-state index contributed by atoms with van der Waals surface area (Å²) in [4.78, 5) is 6.81. The molecule has 1 aliphatic rings. The molecule has 0 aromatic rings. The largest absolute Gasteiger partial charge is 0.356 e. The van der Waals surface area contributed by atoms with Crippen LogP contribution in [0.15, 0.2) is 4.99 Å². The van der Waals surface area contributed by atoms with Gasteiger partial charge in [-0.25, -0.2) is 0 Å². The summed E-state index contributed by atoms with van der Waals surface area (Å²) in [6.45, 7) is 15.9. The molecule has 0 unspecified atom stereocenters. The quantitative estimate of drug-likeness (QED) is 0.348. The van der Waals surface area contributed by atoms with Gasteiger partial charge in [-0.05, 0) is 32.6 Å². The Balaban J connectivity index is 0.00000324. The molecule has 19 heavy (non-hydrogen) atoms. The van der Waals surface area contributed by atoms with Crippen LogP contribution >= 0.6 is 24.0 Å². The van der Waals surface area contributed by atoms with Crippen LogP contribution in [0.5, 0.6) is 0 Å². The first-order chi connectivity index (χ1) is 8.22. The number of likely N-dealkylation sites (tertiary alicyclic amines) is 1. The third kappa shape index (κ3) is 4.23. The van der Waals surface area contributed by atoms with E-state index >= 15 is 0 Å². The topological polar surface area (TPSA) is 27.6 Å². The van der Waals surface area contributed by atoms with Crippen LogP contribution in [0, 0.1) is 11.3 Å². The summed E-state index contributed by atoms with van der Waals surface area (Å²) in [5.41, 5.74) is 0.551. The van der Waals surface area contributed by atoms with Crippen molar-refractivity contribution < 1.29 is 0 Å². The minimum atomic E-state index is 0. The molecule has 1 N–H and O–H groups in total. The highest BCUT2D eigenvalue weighted by molar-refractivity contribution is 14.0. The summed E-state index contributed by atoms with van der Waals surface area (Å²) in [6, 6.07) is 0. The van der Waals surface area contributed by atoms with Crippen LogP contribution < -0.4 is 5.32 Å². The Morgan fingerprint density at radius 2 is 1.84 bits per heavy atom. The number of halogens is 1. The van der Waals surface area contributed by atoms with Gasteiger partial charge in [0.05, 0.1) is 0 Å². The van der Waals surface area contributed by atoms with Crippen molar-refractivity contribution in [1.29, 1.82) is 0 Å². The van der Waals surface area contributed by atoms with Crippen LogP contribution in [-0.4, -0.2) is 36.5 Å². The molecule has 3 nitrogen and oxygen atoms in total. The third-order valence-electron chi connectivity index (χ3n) is 4.59. The van der Waals surface area contributed by atoms with Crippen molar-refractivity contribution in [3.05, 3.63) is 0 Å². The maximum Gasteiger partial charge on any atom is 0.194 e. The molecule has 0 spiro atoms. The predicted molar refractivity (Wildman–Crippen MR) is 95.4 cm³/mol. The maximum atomic E-state index is 4.42. The van der Waals surface area contributed by atoms with Crippen molar-refractivity contribution in [3.63, 3.8) is 0 Å². The lowest BCUT2D eigenvalue weighted by Crippen LogP contribution is -2.72. The van der Waals surface area contributed by atoms with Gasteiger partial charge in [0, 0.05) is 31.1 Å². The van der Waals surface area contributed by atoms with Crippen molar-refractivity contribution in [2.24, 2.45) is 16.3 Å². The third-order valence-corrected chi connectivity index (χ3v) is 4.59. The van der Waals surface area contributed by atoms with Crippen molar-refractivity contribution in [2.75, 3.05) is 20.1 Å². The average molecular weight is 381 g/mol. The first-order valence-corrected chi connectivity index (χ1v) is 7.20. The highest BCUT2D eigenvalue weighted by Gasteiger charge is 2.53. The van der Waals surface area contributed by atoms with E-state index in [4.69, 9.17) is 0 Å². The molecule has 114 valence electrons. The van der Waals surface area contributed by atoms with Crippen LogP contribution in [-0.2, 0) is 0 Å². The lowest BCUT2D eigenvalue weighted by molar-refractivity contribution is -0.0667. The molecule has 0 aromatic heterocycles. The standard InChI is InChI=1S/C15H31N3.HI/c1-12(2)9-8-10-17-13(16-7)18-11-14(3,4)15(18,5)6;/h12H,8-11H2,1-7H3,(H,16,17);1H. The van der Waals surface area contributed by atoms with Crippen LogP contribution in [0.4, 0.5) is 0 Å². The van der Waals surface area contributed by atoms with Gasteiger partial charge in [0.1, 0.15) is 0 Å². The Kier molecular flexibility index (Phi) is 7.14. The van der Waals surface area contributed by atoms with Gasteiger partial charge < -0.3 is 10.2 Å². The molecular formula is C15H32IN3. The van der Waals surface area contributed by atoms with Crippen molar-refractivity contribution in [3.8, 4) is 0 Å². The molecule has 1 heterocycles. The molecule has 1 aliphatic heterocycles. The normalized spacial score (nSPS) is 20.8. The van der Waals surface area contributed by atoms with E-state index in [1.807, 2.05) is 7.05 Å². The van der Waals surface area contributed by atoms with E-state index in [0.717, 1.165) is 25.0 Å². The Morgan fingerprint density at radius 1 is 1.26 bits per heavy atom. The van der Waals surface area contributed by atoms with E-state index in [1.165, 1.54) is 12.8 Å². The molecule has 0 bridgehead atoms. The number of nitrogens with zero attached hydrogens (tertiary/aromatic N) is 2. The SMILES string of the molecule is CN=C(NCCCC(C)C)N1CC(C)(C)C1(C)C.I. The first kappa shape index (κ1) is 19.0. The van der Waals surface area contributed by atoms with Gasteiger partial charge in [-0.1, -0.05) is 27.7 Å². The van der Waals surface area contributed by atoms with Gasteiger partial charge in [0.25, 0.3) is 0 Å². The molecule has 0 radical (unpaired) electrons. The van der Waals surface area contributed by atoms with E-state index in [2.05, 4.69) is 56.8 Å². The lowest BCUT2D eigenvalue weighted by Gasteiger charge is -2.62. The fraction of sp³-hybridized carbons (Fsp3) is 0.933. The van der Waals surface area contributed by atoms with Gasteiger partial charge in [0.15, 0.2) is 5.96 Å². The number of rotatable bonds is 4. The van der Waals surface area contributed by atoms with Crippen molar-refractivity contribution >= 4 is 29.9 Å². The summed E-state index contributed by atoms with van der Waals surface area (Å²) in [7, 11) is 1.88. The minimum absolute atomic E-state index is 0. The van der Waals surface area contributed by atoms with Gasteiger partial charge in [-0.2, -0.15) is 0 Å². The summed E-state index contributed by atoms with van der Waals surface area (Å²) in [5.74, 6) is 1.84. The van der Waals surface area contributed by atoms with E-state index < -0.39 is 0 Å². The Bertz CT molecular complexity index is 309. The highest BCUT2D eigenvalue weighted by atomic mass is 127. The average Bonchev–Trinajstić information content (AvgIpc) is 2.26.